The van der Waals surface area contributed by atoms with Crippen LogP contribution in [0.15, 0.2) is 23.8 Å². The normalized spacial score (nSPS) is 40.7. The zero-order valence-electron chi connectivity index (χ0n) is 22.9. The maximum absolute atomic E-state index is 18.1. The number of carbonyl (C=O) groups excluding carboxylic acids is 4. The fourth-order valence-corrected chi connectivity index (χ4v) is 9.04. The number of hydrogen-bond donors (Lipinski definition) is 0. The van der Waals surface area contributed by atoms with Crippen molar-refractivity contribution in [3.63, 3.8) is 0 Å². The fraction of sp³-hybridized carbons (Fsp3) is 0.714. The lowest BCUT2D eigenvalue weighted by molar-refractivity contribution is -0.221. The van der Waals surface area contributed by atoms with Gasteiger partial charge < -0.3 is 13.9 Å². The number of esters is 2. The summed E-state index contributed by atoms with van der Waals surface area (Å²) < 4.78 is 35.6. The number of carbonyl (C=O) groups is 4. The van der Waals surface area contributed by atoms with Crippen LogP contribution in [0.5, 0.6) is 0 Å². The minimum atomic E-state index is -2.30. The molecule has 0 spiro atoms. The molecule has 4 rings (SSSR count). The summed E-state index contributed by atoms with van der Waals surface area (Å²) in [7, 11) is -2.30. The van der Waals surface area contributed by atoms with Crippen LogP contribution in [0.25, 0.3) is 0 Å². The molecule has 0 aliphatic heterocycles. The predicted molar refractivity (Wildman–Crippen MR) is 137 cm³/mol. The molecular weight excluding hydrogens is 495 g/mol. The van der Waals surface area contributed by atoms with Gasteiger partial charge in [0.15, 0.2) is 32.0 Å². The van der Waals surface area contributed by atoms with Crippen molar-refractivity contribution in [2.45, 2.75) is 96.8 Å². The summed E-state index contributed by atoms with van der Waals surface area (Å²) in [4.78, 5) is 49.8. The van der Waals surface area contributed by atoms with Gasteiger partial charge >= 0.3 is 11.9 Å². The van der Waals surface area contributed by atoms with Gasteiger partial charge in [-0.05, 0) is 76.7 Å². The highest BCUT2D eigenvalue weighted by atomic mass is 28.4. The highest BCUT2D eigenvalue weighted by molar-refractivity contribution is 6.69. The summed E-state index contributed by atoms with van der Waals surface area (Å²) in [6, 6.07) is 0. The molecule has 0 radical (unpaired) electrons. The van der Waals surface area contributed by atoms with Crippen LogP contribution in [0, 0.1) is 22.7 Å². The van der Waals surface area contributed by atoms with E-state index in [9.17, 15) is 19.2 Å². The van der Waals surface area contributed by atoms with Crippen molar-refractivity contribution < 1.29 is 37.5 Å². The van der Waals surface area contributed by atoms with Gasteiger partial charge in [0, 0.05) is 30.6 Å². The molecule has 0 bridgehead atoms. The molecule has 7 atom stereocenters. The van der Waals surface area contributed by atoms with E-state index in [1.165, 1.54) is 19.9 Å². The molecule has 0 aromatic carbocycles. The number of hydrogen-bond acceptors (Lipinski definition) is 7. The second-order valence-electron chi connectivity index (χ2n) is 12.6. The van der Waals surface area contributed by atoms with Gasteiger partial charge in [0.1, 0.15) is 0 Å². The van der Waals surface area contributed by atoms with Crippen LogP contribution in [0.1, 0.15) is 59.8 Å². The molecule has 204 valence electrons. The Bertz CT molecular complexity index is 1090. The molecule has 0 heterocycles. The second kappa shape index (κ2) is 8.97. The number of rotatable bonds is 6. The molecular formula is C28H39FO7Si. The molecule has 4 aliphatic rings. The van der Waals surface area contributed by atoms with Crippen molar-refractivity contribution in [1.82, 2.24) is 0 Å². The van der Waals surface area contributed by atoms with E-state index in [4.69, 9.17) is 13.9 Å². The number of alkyl halides is 1. The smallest absolute Gasteiger partial charge is 0.303 e. The van der Waals surface area contributed by atoms with E-state index in [0.29, 0.717) is 19.3 Å². The Labute approximate surface area is 219 Å². The standard InChI is InChI=1S/C28H39FO7Si/c1-17(30)34-16-23(33)27(35-18(2)31)13-11-21-22-9-8-19-14-20(32)10-12-25(19,3)28(22,29)24(15-26(21,27)4)36-37(5,6)7/h10,12,14,21-22,24H,8-9,11,13,15-16H2,1-7H3/t21-,22-,24-,25-,26-,27-,28-/m0/s1. The second-order valence-corrected chi connectivity index (χ2v) is 17.1. The van der Waals surface area contributed by atoms with E-state index in [2.05, 4.69) is 0 Å². The first-order valence-electron chi connectivity index (χ1n) is 13.2. The monoisotopic (exact) mass is 534 g/mol. The lowest BCUT2D eigenvalue weighted by atomic mass is 9.44. The molecule has 3 fully saturated rings. The molecule has 0 saturated heterocycles. The molecule has 0 amide bonds. The van der Waals surface area contributed by atoms with Gasteiger partial charge in [0.2, 0.25) is 5.78 Å². The van der Waals surface area contributed by atoms with Crippen molar-refractivity contribution in [2.24, 2.45) is 22.7 Å². The third-order valence-electron chi connectivity index (χ3n) is 9.41. The number of ether oxygens (including phenoxy) is 2. The first kappa shape index (κ1) is 27.9. The Hall–Kier alpha value is -2.13. The Balaban J connectivity index is 1.86. The fourth-order valence-electron chi connectivity index (χ4n) is 7.93. The van der Waals surface area contributed by atoms with Crippen LogP contribution in [0.2, 0.25) is 19.6 Å². The minimum absolute atomic E-state index is 0.136. The van der Waals surface area contributed by atoms with Crippen molar-refractivity contribution in [3.05, 3.63) is 23.8 Å². The van der Waals surface area contributed by atoms with E-state index in [1.54, 1.807) is 12.2 Å². The molecule has 0 aromatic heterocycles. The quantitative estimate of drug-likeness (QED) is 0.361. The van der Waals surface area contributed by atoms with Crippen LogP contribution < -0.4 is 0 Å². The average Bonchev–Trinajstić information content (AvgIpc) is 3.04. The van der Waals surface area contributed by atoms with Gasteiger partial charge in [-0.15, -0.1) is 0 Å². The van der Waals surface area contributed by atoms with Crippen LogP contribution >= 0.6 is 0 Å². The van der Waals surface area contributed by atoms with Crippen molar-refractivity contribution >= 4 is 31.8 Å². The van der Waals surface area contributed by atoms with E-state index in [0.717, 1.165) is 5.57 Å². The molecule has 9 heteroatoms. The lowest BCUT2D eigenvalue weighted by Gasteiger charge is -2.64. The van der Waals surface area contributed by atoms with Crippen molar-refractivity contribution in [2.75, 3.05) is 6.61 Å². The van der Waals surface area contributed by atoms with E-state index >= 15 is 4.39 Å². The zero-order valence-corrected chi connectivity index (χ0v) is 23.9. The lowest BCUT2D eigenvalue weighted by Crippen LogP contribution is -2.71. The highest BCUT2D eigenvalue weighted by Crippen LogP contribution is 2.71. The number of Topliss-reactive ketones (excluding diaryl/α,β-unsaturated/α-hetero) is 1. The molecule has 7 nitrogen and oxygen atoms in total. The molecule has 0 N–H and O–H groups in total. The van der Waals surface area contributed by atoms with Gasteiger partial charge in [-0.1, -0.05) is 18.6 Å². The third kappa shape index (κ3) is 4.17. The zero-order chi connectivity index (χ0) is 27.6. The highest BCUT2D eigenvalue weighted by Gasteiger charge is 2.76. The molecule has 0 aromatic rings. The summed E-state index contributed by atoms with van der Waals surface area (Å²) >= 11 is 0. The van der Waals surface area contributed by atoms with Gasteiger partial charge in [0.05, 0.1) is 6.10 Å². The van der Waals surface area contributed by atoms with E-state index in [1.807, 2.05) is 33.5 Å². The first-order chi connectivity index (χ1) is 17.0. The van der Waals surface area contributed by atoms with Gasteiger partial charge in [-0.3, -0.25) is 19.2 Å². The van der Waals surface area contributed by atoms with Crippen LogP contribution in [-0.2, 0) is 33.1 Å². The van der Waals surface area contributed by atoms with E-state index in [-0.39, 0.29) is 24.5 Å². The summed E-state index contributed by atoms with van der Waals surface area (Å²) in [5.41, 5.74) is -4.53. The average molecular weight is 535 g/mol. The van der Waals surface area contributed by atoms with Crippen LogP contribution in [-0.4, -0.2) is 55.8 Å². The summed E-state index contributed by atoms with van der Waals surface area (Å²) in [5, 5.41) is 0. The summed E-state index contributed by atoms with van der Waals surface area (Å²) in [6.07, 6.45) is 5.79. The minimum Gasteiger partial charge on any atom is -0.458 e. The third-order valence-corrected chi connectivity index (χ3v) is 10.4. The van der Waals surface area contributed by atoms with Crippen molar-refractivity contribution in [3.8, 4) is 0 Å². The van der Waals surface area contributed by atoms with Crippen LogP contribution in [0.4, 0.5) is 4.39 Å². The predicted octanol–water partition coefficient (Wildman–Crippen LogP) is 4.65. The number of allylic oxidation sites excluding steroid dienone is 4. The summed E-state index contributed by atoms with van der Waals surface area (Å²) in [6.45, 7) is 11.7. The summed E-state index contributed by atoms with van der Waals surface area (Å²) in [5.74, 6) is -2.58. The number of fused-ring (bicyclic) bond motifs is 5. The maximum atomic E-state index is 18.1. The van der Waals surface area contributed by atoms with Gasteiger partial charge in [0.25, 0.3) is 0 Å². The molecule has 3 saturated carbocycles. The molecule has 0 unspecified atom stereocenters. The van der Waals surface area contributed by atoms with E-state index < -0.39 is 66.8 Å². The van der Waals surface area contributed by atoms with Gasteiger partial charge in [-0.25, -0.2) is 4.39 Å². The Morgan fingerprint density at radius 1 is 1.08 bits per heavy atom. The maximum Gasteiger partial charge on any atom is 0.303 e. The Morgan fingerprint density at radius 2 is 1.76 bits per heavy atom. The first-order valence-corrected chi connectivity index (χ1v) is 16.6. The largest absolute Gasteiger partial charge is 0.458 e. The molecule has 4 aliphatic carbocycles. The van der Waals surface area contributed by atoms with Gasteiger partial charge in [-0.2, -0.15) is 0 Å². The number of ketones is 2. The Kier molecular flexibility index (Phi) is 6.76. The SMILES string of the molecule is CC(=O)OCC(=O)[C@@]1(OC(C)=O)CC[C@H]2[C@@H]3CCC4=CC(=O)C=C[C@]4(C)[C@@]3(F)[C@@H](O[Si](C)(C)C)C[C@@]21C. The molecule has 37 heavy (non-hydrogen) atoms. The Morgan fingerprint density at radius 3 is 2.35 bits per heavy atom. The van der Waals surface area contributed by atoms with Crippen molar-refractivity contribution in [1.29, 1.82) is 0 Å². The topological polar surface area (TPSA) is 96.0 Å². The number of halogens is 1. The van der Waals surface area contributed by atoms with Crippen LogP contribution in [0.3, 0.4) is 0 Å².